The molecule has 5 rings (SSSR count). The van der Waals surface area contributed by atoms with Gasteiger partial charge in [-0.05, 0) is 36.8 Å². The Morgan fingerprint density at radius 3 is 2.17 bits per heavy atom. The second-order valence-corrected chi connectivity index (χ2v) is 10.6. The number of fused-ring (bicyclic) bond motifs is 1. The average molecular weight is 491 g/mol. The lowest BCUT2D eigenvalue weighted by Gasteiger charge is -2.34. The smallest absolute Gasteiger partial charge is 0.243 e. The lowest BCUT2D eigenvalue weighted by atomic mass is 10.0. The lowest BCUT2D eigenvalue weighted by molar-refractivity contribution is 0.180. The molecule has 0 aliphatic carbocycles. The van der Waals surface area contributed by atoms with Crippen LogP contribution in [0.5, 0.6) is 5.75 Å². The van der Waals surface area contributed by atoms with E-state index in [2.05, 4.69) is 4.90 Å². The predicted octanol–water partition coefficient (Wildman–Crippen LogP) is 3.98. The number of benzene rings is 3. The fourth-order valence-corrected chi connectivity index (χ4v) is 6.04. The molecule has 0 atom stereocenters. The van der Waals surface area contributed by atoms with Gasteiger partial charge in [-0.15, -0.1) is 0 Å². The maximum absolute atomic E-state index is 13.4. The summed E-state index contributed by atoms with van der Waals surface area (Å²) < 4.78 is 33.5. The minimum absolute atomic E-state index is 0.0480. The molecular formula is C27H26N2O5S. The van der Waals surface area contributed by atoms with Crippen LogP contribution in [0.15, 0.2) is 86.9 Å². The van der Waals surface area contributed by atoms with Crippen LogP contribution in [0.4, 0.5) is 0 Å². The van der Waals surface area contributed by atoms with Crippen molar-refractivity contribution in [3.63, 3.8) is 0 Å². The van der Waals surface area contributed by atoms with Crippen LogP contribution in [0.1, 0.15) is 11.3 Å². The number of phenolic OH excluding ortho intramolecular Hbond substituents is 1. The summed E-state index contributed by atoms with van der Waals surface area (Å²) in [4.78, 5) is 15.7. The third kappa shape index (κ3) is 4.36. The van der Waals surface area contributed by atoms with Crippen LogP contribution in [0.25, 0.3) is 22.1 Å². The van der Waals surface area contributed by atoms with Gasteiger partial charge in [0.15, 0.2) is 0 Å². The third-order valence-corrected chi connectivity index (χ3v) is 8.38. The molecule has 0 bridgehead atoms. The molecule has 1 aliphatic rings. The summed E-state index contributed by atoms with van der Waals surface area (Å²) in [6, 6.07) is 20.9. The van der Waals surface area contributed by atoms with Gasteiger partial charge in [-0.3, -0.25) is 9.69 Å². The standard InChI is InChI=1S/C27H26N2O5S/c1-19-25(20-8-4-2-5-9-20)26(31)22-12-13-24(30)23(27(22)34-19)18-28-14-16-29(17-15-28)35(32,33)21-10-6-3-7-11-21/h2-13,30H,14-18H2,1H3. The maximum atomic E-state index is 13.4. The quantitative estimate of drug-likeness (QED) is 0.455. The molecule has 180 valence electrons. The number of hydrogen-bond acceptors (Lipinski definition) is 6. The van der Waals surface area contributed by atoms with Gasteiger partial charge >= 0.3 is 0 Å². The number of sulfonamides is 1. The highest BCUT2D eigenvalue weighted by atomic mass is 32.2. The molecule has 35 heavy (non-hydrogen) atoms. The lowest BCUT2D eigenvalue weighted by Crippen LogP contribution is -2.48. The van der Waals surface area contributed by atoms with Gasteiger partial charge in [-0.1, -0.05) is 48.5 Å². The van der Waals surface area contributed by atoms with Gasteiger partial charge in [0.2, 0.25) is 15.5 Å². The number of phenols is 1. The molecule has 0 radical (unpaired) electrons. The van der Waals surface area contributed by atoms with Gasteiger partial charge in [0.05, 0.1) is 21.4 Å². The second-order valence-electron chi connectivity index (χ2n) is 8.66. The zero-order valence-corrected chi connectivity index (χ0v) is 20.2. The monoisotopic (exact) mass is 490 g/mol. The van der Waals surface area contributed by atoms with Crippen molar-refractivity contribution < 1.29 is 17.9 Å². The summed E-state index contributed by atoms with van der Waals surface area (Å²) in [5.41, 5.74) is 2.05. The molecule has 0 spiro atoms. The summed E-state index contributed by atoms with van der Waals surface area (Å²) in [7, 11) is -3.55. The highest BCUT2D eigenvalue weighted by Crippen LogP contribution is 2.31. The van der Waals surface area contributed by atoms with Crippen molar-refractivity contribution in [1.82, 2.24) is 9.21 Å². The summed E-state index contributed by atoms with van der Waals surface area (Å²) >= 11 is 0. The van der Waals surface area contributed by atoms with Gasteiger partial charge in [-0.25, -0.2) is 8.42 Å². The fraction of sp³-hybridized carbons (Fsp3) is 0.222. The second kappa shape index (κ2) is 9.30. The van der Waals surface area contributed by atoms with Crippen LogP contribution in [-0.2, 0) is 16.6 Å². The van der Waals surface area contributed by atoms with E-state index in [-0.39, 0.29) is 16.1 Å². The van der Waals surface area contributed by atoms with E-state index in [0.29, 0.717) is 60.6 Å². The first-order chi connectivity index (χ1) is 16.9. The molecule has 0 unspecified atom stereocenters. The van der Waals surface area contributed by atoms with E-state index in [0.717, 1.165) is 5.56 Å². The Bertz CT molecular complexity index is 1530. The van der Waals surface area contributed by atoms with Crippen molar-refractivity contribution in [2.45, 2.75) is 18.4 Å². The summed E-state index contributed by atoms with van der Waals surface area (Å²) in [5, 5.41) is 11.1. The van der Waals surface area contributed by atoms with E-state index < -0.39 is 10.0 Å². The molecule has 1 aromatic heterocycles. The van der Waals surface area contributed by atoms with Crippen LogP contribution < -0.4 is 5.43 Å². The largest absolute Gasteiger partial charge is 0.507 e. The number of piperazine rings is 1. The number of aromatic hydroxyl groups is 1. The molecule has 8 heteroatoms. The van der Waals surface area contributed by atoms with Gasteiger partial charge in [0, 0.05) is 32.7 Å². The van der Waals surface area contributed by atoms with E-state index >= 15 is 0 Å². The summed E-state index contributed by atoms with van der Waals surface area (Å²) in [6.45, 7) is 3.76. The Labute approximate surface area is 203 Å². The Morgan fingerprint density at radius 2 is 1.51 bits per heavy atom. The molecule has 0 saturated carbocycles. The molecule has 7 nitrogen and oxygen atoms in total. The zero-order valence-electron chi connectivity index (χ0n) is 19.3. The van der Waals surface area contributed by atoms with E-state index in [9.17, 15) is 18.3 Å². The van der Waals surface area contributed by atoms with E-state index in [1.54, 1.807) is 43.3 Å². The predicted molar refractivity (Wildman–Crippen MR) is 135 cm³/mol. The normalized spacial score (nSPS) is 15.5. The van der Waals surface area contributed by atoms with E-state index in [4.69, 9.17) is 4.42 Å². The van der Waals surface area contributed by atoms with Crippen LogP contribution in [0.2, 0.25) is 0 Å². The van der Waals surface area contributed by atoms with Crippen molar-refractivity contribution in [3.8, 4) is 16.9 Å². The topological polar surface area (TPSA) is 91.1 Å². The van der Waals surface area contributed by atoms with Crippen molar-refractivity contribution >= 4 is 21.0 Å². The molecule has 1 aliphatic heterocycles. The molecule has 4 aromatic rings. The van der Waals surface area contributed by atoms with Crippen LogP contribution in [-0.4, -0.2) is 48.9 Å². The van der Waals surface area contributed by atoms with Crippen molar-refractivity contribution in [2.75, 3.05) is 26.2 Å². The molecule has 0 amide bonds. The Balaban J connectivity index is 1.41. The van der Waals surface area contributed by atoms with Crippen LogP contribution >= 0.6 is 0 Å². The average Bonchev–Trinajstić information content (AvgIpc) is 2.87. The van der Waals surface area contributed by atoms with Gasteiger partial charge in [-0.2, -0.15) is 4.31 Å². The molecule has 1 saturated heterocycles. The first-order valence-corrected chi connectivity index (χ1v) is 12.9. The summed E-state index contributed by atoms with van der Waals surface area (Å²) in [5.74, 6) is 0.533. The highest BCUT2D eigenvalue weighted by Gasteiger charge is 2.29. The molecular weight excluding hydrogens is 464 g/mol. The van der Waals surface area contributed by atoms with Crippen molar-refractivity contribution in [3.05, 3.63) is 94.3 Å². The highest BCUT2D eigenvalue weighted by molar-refractivity contribution is 7.89. The Kier molecular flexibility index (Phi) is 6.19. The number of aryl methyl sites for hydroxylation is 1. The Hall–Kier alpha value is -3.46. The van der Waals surface area contributed by atoms with Crippen molar-refractivity contribution in [1.29, 1.82) is 0 Å². The van der Waals surface area contributed by atoms with E-state index in [1.165, 1.54) is 10.4 Å². The van der Waals surface area contributed by atoms with E-state index in [1.807, 2.05) is 30.3 Å². The SMILES string of the molecule is Cc1oc2c(CN3CCN(S(=O)(=O)c4ccccc4)CC3)c(O)ccc2c(=O)c1-c1ccccc1. The van der Waals surface area contributed by atoms with Crippen molar-refractivity contribution in [2.24, 2.45) is 0 Å². The maximum Gasteiger partial charge on any atom is 0.243 e. The summed E-state index contributed by atoms with van der Waals surface area (Å²) in [6.07, 6.45) is 0. The first-order valence-electron chi connectivity index (χ1n) is 11.5. The fourth-order valence-electron chi connectivity index (χ4n) is 4.60. The van der Waals surface area contributed by atoms with Crippen LogP contribution in [0.3, 0.4) is 0 Å². The van der Waals surface area contributed by atoms with Gasteiger partial charge in [0.1, 0.15) is 17.1 Å². The number of rotatable bonds is 5. The minimum atomic E-state index is -3.55. The van der Waals surface area contributed by atoms with Gasteiger partial charge < -0.3 is 9.52 Å². The molecule has 3 aromatic carbocycles. The third-order valence-electron chi connectivity index (χ3n) is 6.47. The van der Waals surface area contributed by atoms with Crippen LogP contribution in [0, 0.1) is 6.92 Å². The number of nitrogens with zero attached hydrogens (tertiary/aromatic N) is 2. The molecule has 2 heterocycles. The minimum Gasteiger partial charge on any atom is -0.507 e. The van der Waals surface area contributed by atoms with Gasteiger partial charge in [0.25, 0.3) is 0 Å². The molecule has 1 fully saturated rings. The molecule has 1 N–H and O–H groups in total. The first kappa shape index (κ1) is 23.3. The Morgan fingerprint density at radius 1 is 0.886 bits per heavy atom. The zero-order chi connectivity index (χ0) is 24.6. The number of hydrogen-bond donors (Lipinski definition) is 1.